The molecule has 1 aliphatic rings. The van der Waals surface area contributed by atoms with Crippen molar-refractivity contribution in [1.82, 2.24) is 4.57 Å². The quantitative estimate of drug-likeness (QED) is 0.611. The largest absolute Gasteiger partial charge is 0.493 e. The number of carbonyl (C=O) groups excluding carboxylic acids is 1. The number of ether oxygens (including phenoxy) is 2. The number of rotatable bonds is 6. The summed E-state index contributed by atoms with van der Waals surface area (Å²) in [5.41, 5.74) is 2.19. The van der Waals surface area contributed by atoms with Crippen LogP contribution < -0.4 is 9.64 Å². The Kier molecular flexibility index (Phi) is 6.06. The average Bonchev–Trinajstić information content (AvgIpc) is 3.03. The molecule has 1 aliphatic heterocycles. The topological polar surface area (TPSA) is 89.9 Å². The van der Waals surface area contributed by atoms with E-state index < -0.39 is 5.91 Å². The Morgan fingerprint density at radius 1 is 1.20 bits per heavy atom. The Bertz CT molecular complexity index is 1070. The van der Waals surface area contributed by atoms with Crippen LogP contribution in [0.3, 0.4) is 0 Å². The number of para-hydroxylation sites is 1. The van der Waals surface area contributed by atoms with Crippen LogP contribution in [-0.2, 0) is 16.2 Å². The number of morpholine rings is 1. The van der Waals surface area contributed by atoms with Crippen LogP contribution in [0.2, 0.25) is 0 Å². The van der Waals surface area contributed by atoms with Crippen LogP contribution >= 0.6 is 0 Å². The molecule has 0 bridgehead atoms. The number of hydrogen-bond donors (Lipinski definition) is 2. The second kappa shape index (κ2) is 9.06. The van der Waals surface area contributed by atoms with Gasteiger partial charge in [0.25, 0.3) is 0 Å². The number of azo groups is 1. The molecule has 0 aliphatic carbocycles. The normalized spacial score (nSPS) is 15.1. The predicted molar refractivity (Wildman–Crippen MR) is 111 cm³/mol. The first-order valence-electron chi connectivity index (χ1n) is 9.97. The lowest BCUT2D eigenvalue weighted by Crippen LogP contribution is -3.13. The molecule has 0 unspecified atom stereocenters. The van der Waals surface area contributed by atoms with Crippen LogP contribution in [0.5, 0.6) is 11.6 Å². The Balaban J connectivity index is 1.51. The molecule has 0 atom stereocenters. The fourth-order valence-corrected chi connectivity index (χ4v) is 3.56. The van der Waals surface area contributed by atoms with Crippen LogP contribution in [0, 0.1) is 6.92 Å². The van der Waals surface area contributed by atoms with Crippen molar-refractivity contribution in [3.05, 3.63) is 54.1 Å². The number of carbonyl (C=O) groups is 1. The monoisotopic (exact) mass is 409 g/mol. The van der Waals surface area contributed by atoms with E-state index in [0.29, 0.717) is 31.3 Å². The average molecular weight is 409 g/mol. The van der Waals surface area contributed by atoms with Gasteiger partial charge in [0, 0.05) is 5.39 Å². The van der Waals surface area contributed by atoms with Crippen molar-refractivity contribution in [2.75, 3.05) is 32.9 Å². The maximum Gasteiger partial charge on any atom is 0.302 e. The molecule has 8 nitrogen and oxygen atoms in total. The third-order valence-corrected chi connectivity index (χ3v) is 5.11. The van der Waals surface area contributed by atoms with Crippen LogP contribution in [-0.4, -0.2) is 48.5 Å². The second-order valence-corrected chi connectivity index (χ2v) is 7.34. The minimum atomic E-state index is -0.522. The second-order valence-electron chi connectivity index (χ2n) is 7.34. The lowest BCUT2D eigenvalue weighted by molar-refractivity contribution is -0.930. The molecular weight excluding hydrogens is 384 g/mol. The fourth-order valence-electron chi connectivity index (χ4n) is 3.56. The van der Waals surface area contributed by atoms with Gasteiger partial charge in [0.15, 0.2) is 19.0 Å². The lowest BCUT2D eigenvalue weighted by Gasteiger charge is -2.24. The van der Waals surface area contributed by atoms with Gasteiger partial charge in [0.1, 0.15) is 18.8 Å². The molecule has 2 heterocycles. The standard InChI is InChI=1S/C22H24N4O4/c1-16-5-4-6-17(13-16)30-14-20(27)23-24-21-18-7-2-3-8-19(18)26(22(21)28)15-25-9-11-29-12-10-25/h2-8,13,28H,9-12,14-15H2,1H3/p+1. The summed E-state index contributed by atoms with van der Waals surface area (Å²) in [5, 5.41) is 19.4. The van der Waals surface area contributed by atoms with Gasteiger partial charge >= 0.3 is 5.91 Å². The van der Waals surface area contributed by atoms with Crippen molar-refractivity contribution in [2.24, 2.45) is 10.2 Å². The van der Waals surface area contributed by atoms with Gasteiger partial charge in [-0.2, -0.15) is 0 Å². The third-order valence-electron chi connectivity index (χ3n) is 5.11. The Labute approximate surface area is 174 Å². The molecule has 3 aromatic rings. The molecule has 30 heavy (non-hydrogen) atoms. The van der Waals surface area contributed by atoms with Crippen molar-refractivity contribution < 1.29 is 24.3 Å². The highest BCUT2D eigenvalue weighted by atomic mass is 16.5. The summed E-state index contributed by atoms with van der Waals surface area (Å²) in [6.07, 6.45) is 0. The Morgan fingerprint density at radius 3 is 2.80 bits per heavy atom. The number of nitrogens with zero attached hydrogens (tertiary/aromatic N) is 3. The first-order chi connectivity index (χ1) is 14.6. The molecule has 1 aromatic heterocycles. The molecule has 2 aromatic carbocycles. The zero-order valence-electron chi connectivity index (χ0n) is 16.9. The van der Waals surface area contributed by atoms with E-state index in [9.17, 15) is 9.90 Å². The van der Waals surface area contributed by atoms with E-state index in [1.54, 1.807) is 6.07 Å². The van der Waals surface area contributed by atoms with Gasteiger partial charge in [-0.25, -0.2) is 0 Å². The number of amides is 1. The molecule has 8 heteroatoms. The van der Waals surface area contributed by atoms with Crippen LogP contribution in [0.1, 0.15) is 5.56 Å². The van der Waals surface area contributed by atoms with Gasteiger partial charge in [-0.3, -0.25) is 9.36 Å². The molecule has 2 N–H and O–H groups in total. The molecule has 0 saturated carbocycles. The Morgan fingerprint density at radius 2 is 2.00 bits per heavy atom. The van der Waals surface area contributed by atoms with Crippen LogP contribution in [0.25, 0.3) is 10.9 Å². The maximum absolute atomic E-state index is 12.2. The highest BCUT2D eigenvalue weighted by molar-refractivity contribution is 5.95. The Hall–Kier alpha value is -3.23. The first kappa shape index (κ1) is 20.1. The van der Waals surface area contributed by atoms with Gasteiger partial charge in [0.2, 0.25) is 5.88 Å². The van der Waals surface area contributed by atoms with Crippen molar-refractivity contribution in [1.29, 1.82) is 0 Å². The minimum Gasteiger partial charge on any atom is -0.493 e. The summed E-state index contributed by atoms with van der Waals surface area (Å²) in [6.45, 7) is 5.48. The van der Waals surface area contributed by atoms with Gasteiger partial charge in [-0.05, 0) is 30.7 Å². The number of hydrogen-bond acceptors (Lipinski definition) is 5. The van der Waals surface area contributed by atoms with Crippen molar-refractivity contribution in [3.63, 3.8) is 0 Å². The molecule has 4 rings (SSSR count). The van der Waals surface area contributed by atoms with Crippen molar-refractivity contribution in [2.45, 2.75) is 13.6 Å². The zero-order valence-corrected chi connectivity index (χ0v) is 16.9. The number of fused-ring (bicyclic) bond motifs is 1. The van der Waals surface area contributed by atoms with Crippen molar-refractivity contribution in [3.8, 4) is 11.6 Å². The minimum absolute atomic E-state index is 0.00587. The number of nitrogens with one attached hydrogen (secondary N) is 1. The number of quaternary nitrogens is 1. The lowest BCUT2D eigenvalue weighted by atomic mass is 10.2. The van der Waals surface area contributed by atoms with E-state index in [0.717, 1.165) is 29.6 Å². The van der Waals surface area contributed by atoms with Gasteiger partial charge in [0.05, 0.1) is 18.7 Å². The third kappa shape index (κ3) is 4.50. The highest BCUT2D eigenvalue weighted by Gasteiger charge is 2.21. The van der Waals surface area contributed by atoms with E-state index in [1.165, 1.54) is 4.90 Å². The van der Waals surface area contributed by atoms with Crippen molar-refractivity contribution >= 4 is 22.5 Å². The number of aryl methyl sites for hydroxylation is 1. The van der Waals surface area contributed by atoms with E-state index in [2.05, 4.69) is 10.2 Å². The summed E-state index contributed by atoms with van der Waals surface area (Å²) in [6, 6.07) is 15.0. The van der Waals surface area contributed by atoms with Crippen LogP contribution in [0.15, 0.2) is 58.8 Å². The fraction of sp³-hybridized carbons (Fsp3) is 0.318. The van der Waals surface area contributed by atoms with E-state index in [-0.39, 0.29) is 12.5 Å². The van der Waals surface area contributed by atoms with E-state index in [1.807, 2.05) is 54.0 Å². The summed E-state index contributed by atoms with van der Waals surface area (Å²) < 4.78 is 12.7. The van der Waals surface area contributed by atoms with Gasteiger partial charge < -0.3 is 19.5 Å². The van der Waals surface area contributed by atoms with Crippen LogP contribution in [0.4, 0.5) is 5.69 Å². The van der Waals surface area contributed by atoms with E-state index >= 15 is 0 Å². The summed E-state index contributed by atoms with van der Waals surface area (Å²) in [5.74, 6) is 0.0874. The molecule has 156 valence electrons. The van der Waals surface area contributed by atoms with Gasteiger partial charge in [-0.15, -0.1) is 10.2 Å². The molecule has 1 fully saturated rings. The summed E-state index contributed by atoms with van der Waals surface area (Å²) in [7, 11) is 0. The summed E-state index contributed by atoms with van der Waals surface area (Å²) in [4.78, 5) is 13.5. The molecule has 1 saturated heterocycles. The SMILES string of the molecule is Cc1cccc(OCC(=O)N=Nc2c(O)n(C[NH+]3CCOCC3)c3ccccc23)c1. The molecule has 1 amide bonds. The highest BCUT2D eigenvalue weighted by Crippen LogP contribution is 2.38. The first-order valence-corrected chi connectivity index (χ1v) is 9.97. The molecule has 0 radical (unpaired) electrons. The number of benzene rings is 2. The molecule has 0 spiro atoms. The smallest absolute Gasteiger partial charge is 0.302 e. The molecular formula is C22H25N4O4+. The van der Waals surface area contributed by atoms with E-state index in [4.69, 9.17) is 9.47 Å². The number of aromatic hydroxyl groups is 1. The van der Waals surface area contributed by atoms with Gasteiger partial charge in [-0.1, -0.05) is 30.3 Å². The predicted octanol–water partition coefficient (Wildman–Crippen LogP) is 2.22. The zero-order chi connectivity index (χ0) is 20.9. The maximum atomic E-state index is 12.2. The number of aromatic nitrogens is 1. The summed E-state index contributed by atoms with van der Waals surface area (Å²) >= 11 is 0.